The Morgan fingerprint density at radius 2 is 1.80 bits per heavy atom. The molecule has 3 rings (SSSR count). The normalized spacial score (nSPS) is 16.4. The van der Waals surface area contributed by atoms with E-state index in [2.05, 4.69) is 5.32 Å². The Hall–Kier alpha value is -3.52. The number of nitrogens with one attached hydrogen (secondary N) is 1. The van der Waals surface area contributed by atoms with Crippen molar-refractivity contribution in [3.05, 3.63) is 65.2 Å². The van der Waals surface area contributed by atoms with Gasteiger partial charge in [-0.25, -0.2) is 4.79 Å². The lowest BCUT2D eigenvalue weighted by atomic mass is 10.1. The summed E-state index contributed by atoms with van der Waals surface area (Å²) in [7, 11) is 0. The molecule has 1 saturated heterocycles. The van der Waals surface area contributed by atoms with Gasteiger partial charge in [0.25, 0.3) is 11.8 Å². The first-order valence-electron chi connectivity index (χ1n) is 9.30. The number of amides is 2. The van der Waals surface area contributed by atoms with Gasteiger partial charge in [0.15, 0.2) is 11.2 Å². The predicted molar refractivity (Wildman–Crippen MR) is 116 cm³/mol. The number of aliphatic carboxylic acids is 1. The number of benzene rings is 2. The summed E-state index contributed by atoms with van der Waals surface area (Å²) < 4.78 is 5.28. The monoisotopic (exact) mass is 424 g/mol. The van der Waals surface area contributed by atoms with Gasteiger partial charge in [-0.15, -0.1) is 0 Å². The van der Waals surface area contributed by atoms with Gasteiger partial charge in [-0.2, -0.15) is 0 Å². The van der Waals surface area contributed by atoms with Crippen molar-refractivity contribution < 1.29 is 24.2 Å². The zero-order valence-electron chi connectivity index (χ0n) is 16.4. The molecular formula is C22H20N2O5S. The number of carbonyl (C=O) groups excluding carboxylic acids is 2. The van der Waals surface area contributed by atoms with Crippen LogP contribution >= 0.6 is 12.2 Å². The van der Waals surface area contributed by atoms with Crippen molar-refractivity contribution >= 4 is 46.9 Å². The fraction of sp³-hybridized carbons (Fsp3) is 0.182. The van der Waals surface area contributed by atoms with Crippen LogP contribution in [0.1, 0.15) is 25.0 Å². The Kier molecular flexibility index (Phi) is 6.27. The van der Waals surface area contributed by atoms with E-state index in [1.807, 2.05) is 19.1 Å². The van der Waals surface area contributed by atoms with Gasteiger partial charge in [-0.3, -0.25) is 19.8 Å². The summed E-state index contributed by atoms with van der Waals surface area (Å²) in [6.45, 7) is 3.46. The van der Waals surface area contributed by atoms with E-state index in [1.54, 1.807) is 36.4 Å². The third-order valence-corrected chi connectivity index (χ3v) is 4.84. The second kappa shape index (κ2) is 8.87. The molecule has 154 valence electrons. The Bertz CT molecular complexity index is 1030. The number of carboxylic acids is 1. The maximum absolute atomic E-state index is 13.0. The summed E-state index contributed by atoms with van der Waals surface area (Å²) in [5, 5.41) is 11.5. The van der Waals surface area contributed by atoms with Crippen LogP contribution in [0.2, 0.25) is 0 Å². The van der Waals surface area contributed by atoms with Crippen LogP contribution in [0.15, 0.2) is 54.1 Å². The minimum atomic E-state index is -1.08. The third kappa shape index (κ3) is 4.55. The molecule has 2 aromatic carbocycles. The van der Waals surface area contributed by atoms with Crippen molar-refractivity contribution in [2.75, 3.05) is 4.90 Å². The molecule has 2 amide bonds. The lowest BCUT2D eigenvalue weighted by Crippen LogP contribution is -2.54. The van der Waals surface area contributed by atoms with Gasteiger partial charge < -0.3 is 9.84 Å². The van der Waals surface area contributed by atoms with Crippen molar-refractivity contribution in [1.82, 2.24) is 5.32 Å². The van der Waals surface area contributed by atoms with Gasteiger partial charge in [-0.1, -0.05) is 31.2 Å². The van der Waals surface area contributed by atoms with Crippen LogP contribution in [0, 0.1) is 0 Å². The van der Waals surface area contributed by atoms with Crippen LogP contribution in [0.3, 0.4) is 0 Å². The molecule has 1 aliphatic heterocycles. The second-order valence-electron chi connectivity index (χ2n) is 6.65. The van der Waals surface area contributed by atoms with Crippen molar-refractivity contribution in [3.63, 3.8) is 0 Å². The van der Waals surface area contributed by atoms with Crippen LogP contribution < -0.4 is 15.0 Å². The lowest BCUT2D eigenvalue weighted by molar-refractivity contribution is -0.144. The maximum atomic E-state index is 13.0. The van der Waals surface area contributed by atoms with Crippen molar-refractivity contribution in [2.45, 2.75) is 26.4 Å². The molecule has 0 aromatic heterocycles. The number of thiocarbonyl (C=S) groups is 1. The summed E-state index contributed by atoms with van der Waals surface area (Å²) in [4.78, 5) is 37.6. The third-order valence-electron chi connectivity index (χ3n) is 4.56. The lowest BCUT2D eigenvalue weighted by Gasteiger charge is -2.29. The summed E-state index contributed by atoms with van der Waals surface area (Å²) in [6.07, 6.45) is 1.33. The van der Waals surface area contributed by atoms with Crippen LogP contribution in [-0.4, -0.2) is 34.1 Å². The fourth-order valence-electron chi connectivity index (χ4n) is 2.84. The largest absolute Gasteiger partial charge is 0.479 e. The zero-order valence-corrected chi connectivity index (χ0v) is 17.2. The first-order valence-corrected chi connectivity index (χ1v) is 9.71. The summed E-state index contributed by atoms with van der Waals surface area (Å²) >= 11 is 5.20. The van der Waals surface area contributed by atoms with Crippen molar-refractivity contribution in [3.8, 4) is 5.75 Å². The molecule has 1 aliphatic rings. The molecule has 8 heteroatoms. The molecular weight excluding hydrogens is 404 g/mol. The SMILES string of the molecule is CCc1ccc(N2C(=O)/C(=C/c3ccc(O[C@@H](C)C(=O)O)cc3)C(=O)NC2=S)cc1. The van der Waals surface area contributed by atoms with Gasteiger partial charge >= 0.3 is 5.97 Å². The number of hydrogen-bond acceptors (Lipinski definition) is 5. The first kappa shape index (κ1) is 21.2. The van der Waals surface area contributed by atoms with Gasteiger partial charge in [-0.05, 0) is 67.0 Å². The molecule has 0 saturated carbocycles. The smallest absolute Gasteiger partial charge is 0.344 e. The number of carboxylic acid groups (broad SMARTS) is 1. The van der Waals surface area contributed by atoms with Gasteiger partial charge in [0.05, 0.1) is 5.69 Å². The zero-order chi connectivity index (χ0) is 21.8. The summed E-state index contributed by atoms with van der Waals surface area (Å²) in [5.41, 5.74) is 2.21. The molecule has 0 spiro atoms. The minimum absolute atomic E-state index is 0.0257. The number of anilines is 1. The summed E-state index contributed by atoms with van der Waals surface area (Å²) in [5.74, 6) is -1.81. The van der Waals surface area contributed by atoms with E-state index in [4.69, 9.17) is 22.1 Å². The van der Waals surface area contributed by atoms with Gasteiger partial charge in [0.1, 0.15) is 11.3 Å². The number of hydrogen-bond donors (Lipinski definition) is 2. The number of ether oxygens (including phenoxy) is 1. The highest BCUT2D eigenvalue weighted by atomic mass is 32.1. The number of nitrogens with zero attached hydrogens (tertiary/aromatic N) is 1. The highest BCUT2D eigenvalue weighted by molar-refractivity contribution is 7.80. The Labute approximate surface area is 179 Å². The Morgan fingerprint density at radius 3 is 2.37 bits per heavy atom. The topological polar surface area (TPSA) is 95.9 Å². The molecule has 0 aliphatic carbocycles. The quantitative estimate of drug-likeness (QED) is 0.421. The minimum Gasteiger partial charge on any atom is -0.479 e. The van der Waals surface area contributed by atoms with Crippen molar-refractivity contribution in [2.24, 2.45) is 0 Å². The molecule has 1 fully saturated rings. The van der Waals surface area contributed by atoms with Crippen LogP contribution in [0.25, 0.3) is 6.08 Å². The van der Waals surface area contributed by atoms with Crippen molar-refractivity contribution in [1.29, 1.82) is 0 Å². The molecule has 0 bridgehead atoms. The average Bonchev–Trinajstić information content (AvgIpc) is 2.72. The number of rotatable bonds is 6. The average molecular weight is 424 g/mol. The Morgan fingerprint density at radius 1 is 1.17 bits per heavy atom. The predicted octanol–water partition coefficient (Wildman–Crippen LogP) is 2.93. The maximum Gasteiger partial charge on any atom is 0.344 e. The molecule has 1 heterocycles. The Balaban J connectivity index is 1.85. The van der Waals surface area contributed by atoms with E-state index in [-0.39, 0.29) is 10.7 Å². The van der Waals surface area contributed by atoms with E-state index in [9.17, 15) is 14.4 Å². The van der Waals surface area contributed by atoms with Gasteiger partial charge in [0.2, 0.25) is 0 Å². The highest BCUT2D eigenvalue weighted by Crippen LogP contribution is 2.23. The molecule has 0 radical (unpaired) electrons. The van der Waals surface area contributed by atoms with E-state index in [1.165, 1.54) is 17.9 Å². The molecule has 0 unspecified atom stereocenters. The molecule has 2 N–H and O–H groups in total. The summed E-state index contributed by atoms with van der Waals surface area (Å²) in [6, 6.07) is 13.8. The standard InChI is InChI=1S/C22H20N2O5S/c1-3-14-4-8-16(9-5-14)24-20(26)18(19(25)23-22(24)30)12-15-6-10-17(11-7-15)29-13(2)21(27)28/h4-13H,3H2,1-2H3,(H,27,28)(H,23,25,30)/b18-12+/t13-/m0/s1. The van der Waals surface area contributed by atoms with Crippen LogP contribution in [0.4, 0.5) is 5.69 Å². The van der Waals surface area contributed by atoms with Crippen LogP contribution in [0.5, 0.6) is 5.75 Å². The highest BCUT2D eigenvalue weighted by Gasteiger charge is 2.34. The molecule has 2 aromatic rings. The van der Waals surface area contributed by atoms with Gasteiger partial charge in [0, 0.05) is 0 Å². The molecule has 30 heavy (non-hydrogen) atoms. The fourth-order valence-corrected chi connectivity index (χ4v) is 3.12. The molecule has 1 atom stereocenters. The molecule has 7 nitrogen and oxygen atoms in total. The van der Waals surface area contributed by atoms with Crippen LogP contribution in [-0.2, 0) is 20.8 Å². The number of aryl methyl sites for hydroxylation is 1. The van der Waals surface area contributed by atoms with E-state index >= 15 is 0 Å². The second-order valence-corrected chi connectivity index (χ2v) is 7.03. The first-order chi connectivity index (χ1) is 14.3. The number of carbonyl (C=O) groups is 3. The van der Waals surface area contributed by atoms with E-state index in [0.717, 1.165) is 12.0 Å². The van der Waals surface area contributed by atoms with E-state index in [0.29, 0.717) is 17.0 Å². The van der Waals surface area contributed by atoms with E-state index < -0.39 is 23.9 Å².